The quantitative estimate of drug-likeness (QED) is 0.727. The Bertz CT molecular complexity index is 839. The van der Waals surface area contributed by atoms with Crippen molar-refractivity contribution in [2.75, 3.05) is 7.05 Å². The van der Waals surface area contributed by atoms with Gasteiger partial charge < -0.3 is 10.0 Å². The Labute approximate surface area is 159 Å². The van der Waals surface area contributed by atoms with Gasteiger partial charge in [0.15, 0.2) is 0 Å². The maximum atomic E-state index is 13.1. The second-order valence-corrected chi connectivity index (χ2v) is 7.29. The molecule has 0 saturated heterocycles. The standard InChI is InChI=1S/C19H18F3NO3S/c1-12(18(25)26)27-16-10-6-4-8-14(16)17(24)23(2)11-13-7-3-5-9-15(13)19(20,21)22/h3-10,12H,11H2,1-2H3,(H,25,26). The number of benzene rings is 2. The molecule has 0 radical (unpaired) electrons. The van der Waals surface area contributed by atoms with Gasteiger partial charge in [0.25, 0.3) is 5.91 Å². The lowest BCUT2D eigenvalue weighted by Crippen LogP contribution is -2.28. The Morgan fingerprint density at radius 2 is 1.70 bits per heavy atom. The van der Waals surface area contributed by atoms with E-state index in [1.807, 2.05) is 0 Å². The van der Waals surface area contributed by atoms with E-state index < -0.39 is 28.9 Å². The fraction of sp³-hybridized carbons (Fsp3) is 0.263. The molecule has 4 nitrogen and oxygen atoms in total. The minimum Gasteiger partial charge on any atom is -0.480 e. The van der Waals surface area contributed by atoms with Gasteiger partial charge in [0.1, 0.15) is 5.25 Å². The Balaban J connectivity index is 2.26. The van der Waals surface area contributed by atoms with E-state index in [0.29, 0.717) is 4.90 Å². The van der Waals surface area contributed by atoms with Crippen molar-refractivity contribution < 1.29 is 27.9 Å². The van der Waals surface area contributed by atoms with Gasteiger partial charge in [-0.15, -0.1) is 11.8 Å². The van der Waals surface area contributed by atoms with Crippen LogP contribution in [0, 0.1) is 0 Å². The third kappa shape index (κ3) is 5.26. The molecule has 0 spiro atoms. The van der Waals surface area contributed by atoms with Crippen molar-refractivity contribution in [1.82, 2.24) is 4.90 Å². The van der Waals surface area contributed by atoms with Gasteiger partial charge in [0.2, 0.25) is 0 Å². The Morgan fingerprint density at radius 3 is 2.33 bits per heavy atom. The second-order valence-electron chi connectivity index (χ2n) is 5.91. The lowest BCUT2D eigenvalue weighted by Gasteiger charge is -2.21. The second kappa shape index (κ2) is 8.47. The van der Waals surface area contributed by atoms with Crippen molar-refractivity contribution in [2.45, 2.75) is 29.8 Å². The maximum Gasteiger partial charge on any atom is 0.416 e. The van der Waals surface area contributed by atoms with Crippen LogP contribution in [-0.2, 0) is 17.5 Å². The maximum absolute atomic E-state index is 13.1. The van der Waals surface area contributed by atoms with Crippen molar-refractivity contribution >= 4 is 23.6 Å². The molecular weight excluding hydrogens is 379 g/mol. The number of carboxylic acid groups (broad SMARTS) is 1. The number of carboxylic acids is 1. The third-order valence-corrected chi connectivity index (χ3v) is 5.01. The van der Waals surface area contributed by atoms with Crippen LogP contribution in [0.5, 0.6) is 0 Å². The zero-order valence-corrected chi connectivity index (χ0v) is 15.5. The predicted octanol–water partition coefficient (Wildman–Crippen LogP) is 4.54. The van der Waals surface area contributed by atoms with Crippen LogP contribution >= 0.6 is 11.8 Å². The van der Waals surface area contributed by atoms with Gasteiger partial charge in [-0.2, -0.15) is 13.2 Å². The van der Waals surface area contributed by atoms with Crippen molar-refractivity contribution in [1.29, 1.82) is 0 Å². The summed E-state index contributed by atoms with van der Waals surface area (Å²) >= 11 is 1.01. The lowest BCUT2D eigenvalue weighted by molar-refractivity contribution is -0.138. The highest BCUT2D eigenvalue weighted by atomic mass is 32.2. The molecule has 2 aromatic rings. The van der Waals surface area contributed by atoms with Gasteiger partial charge >= 0.3 is 12.1 Å². The van der Waals surface area contributed by atoms with Crippen molar-refractivity contribution in [3.05, 3.63) is 65.2 Å². The van der Waals surface area contributed by atoms with E-state index in [2.05, 4.69) is 0 Å². The molecule has 0 saturated carbocycles. The van der Waals surface area contributed by atoms with E-state index in [4.69, 9.17) is 5.11 Å². The van der Waals surface area contributed by atoms with Gasteiger partial charge in [-0.25, -0.2) is 0 Å². The minimum atomic E-state index is -4.51. The molecular formula is C19H18F3NO3S. The van der Waals surface area contributed by atoms with Crippen molar-refractivity contribution in [3.8, 4) is 0 Å². The number of alkyl halides is 3. The van der Waals surface area contributed by atoms with E-state index in [1.54, 1.807) is 18.2 Å². The summed E-state index contributed by atoms with van der Waals surface area (Å²) in [5.41, 5.74) is -0.542. The van der Waals surface area contributed by atoms with Crippen LogP contribution in [0.4, 0.5) is 13.2 Å². The molecule has 1 unspecified atom stereocenters. The largest absolute Gasteiger partial charge is 0.480 e. The first-order valence-electron chi connectivity index (χ1n) is 8.00. The van der Waals surface area contributed by atoms with E-state index in [1.165, 1.54) is 43.1 Å². The van der Waals surface area contributed by atoms with Crippen LogP contribution in [0.1, 0.15) is 28.4 Å². The number of carbonyl (C=O) groups is 2. The molecule has 0 aliphatic heterocycles. The molecule has 8 heteroatoms. The Morgan fingerprint density at radius 1 is 1.11 bits per heavy atom. The molecule has 0 aromatic heterocycles. The highest BCUT2D eigenvalue weighted by Gasteiger charge is 2.33. The number of amides is 1. The first kappa shape index (κ1) is 20.8. The summed E-state index contributed by atoms with van der Waals surface area (Å²) in [6.45, 7) is 1.28. The molecule has 2 aromatic carbocycles. The SMILES string of the molecule is CC(Sc1ccccc1C(=O)N(C)Cc1ccccc1C(F)(F)F)C(=O)O. The van der Waals surface area contributed by atoms with Crippen molar-refractivity contribution in [2.24, 2.45) is 0 Å². The average molecular weight is 397 g/mol. The summed E-state index contributed by atoms with van der Waals surface area (Å²) in [7, 11) is 1.41. The summed E-state index contributed by atoms with van der Waals surface area (Å²) in [4.78, 5) is 25.5. The summed E-state index contributed by atoms with van der Waals surface area (Å²) in [5.74, 6) is -1.50. The predicted molar refractivity (Wildman–Crippen MR) is 96.6 cm³/mol. The van der Waals surface area contributed by atoms with Gasteiger partial charge in [0.05, 0.1) is 11.1 Å². The summed E-state index contributed by atoms with van der Waals surface area (Å²) in [6.07, 6.45) is -4.51. The molecule has 2 rings (SSSR count). The molecule has 0 heterocycles. The third-order valence-electron chi connectivity index (χ3n) is 3.85. The molecule has 0 aliphatic rings. The van der Waals surface area contributed by atoms with Crippen LogP contribution < -0.4 is 0 Å². The molecule has 1 N–H and O–H groups in total. The molecule has 144 valence electrons. The number of nitrogens with zero attached hydrogens (tertiary/aromatic N) is 1. The highest BCUT2D eigenvalue weighted by molar-refractivity contribution is 8.00. The fourth-order valence-electron chi connectivity index (χ4n) is 2.45. The normalized spacial score (nSPS) is 12.5. The van der Waals surface area contributed by atoms with Gasteiger partial charge in [0, 0.05) is 18.5 Å². The van der Waals surface area contributed by atoms with Gasteiger partial charge in [-0.3, -0.25) is 9.59 Å². The van der Waals surface area contributed by atoms with Crippen molar-refractivity contribution in [3.63, 3.8) is 0 Å². The van der Waals surface area contributed by atoms with E-state index in [-0.39, 0.29) is 17.7 Å². The summed E-state index contributed by atoms with van der Waals surface area (Å²) in [5, 5.41) is 8.29. The number of carbonyl (C=O) groups excluding carboxylic acids is 1. The topological polar surface area (TPSA) is 57.6 Å². The number of hydrogen-bond acceptors (Lipinski definition) is 3. The number of aliphatic carboxylic acids is 1. The van der Waals surface area contributed by atoms with E-state index in [0.717, 1.165) is 17.8 Å². The number of rotatable bonds is 6. The monoisotopic (exact) mass is 397 g/mol. The smallest absolute Gasteiger partial charge is 0.416 e. The van der Waals surface area contributed by atoms with Crippen LogP contribution in [0.15, 0.2) is 53.4 Å². The van der Waals surface area contributed by atoms with E-state index >= 15 is 0 Å². The van der Waals surface area contributed by atoms with Gasteiger partial charge in [-0.1, -0.05) is 30.3 Å². The van der Waals surface area contributed by atoms with Crippen LogP contribution in [-0.4, -0.2) is 34.2 Å². The minimum absolute atomic E-state index is 0.00936. The number of halogens is 3. The molecule has 1 atom stereocenters. The molecule has 0 fully saturated rings. The zero-order chi connectivity index (χ0) is 20.2. The van der Waals surface area contributed by atoms with Crippen LogP contribution in [0.2, 0.25) is 0 Å². The van der Waals surface area contributed by atoms with E-state index in [9.17, 15) is 22.8 Å². The fourth-order valence-corrected chi connectivity index (χ4v) is 3.38. The Hall–Kier alpha value is -2.48. The summed E-state index contributed by atoms with van der Waals surface area (Å²) in [6, 6.07) is 11.5. The number of thioether (sulfide) groups is 1. The molecule has 1 amide bonds. The highest BCUT2D eigenvalue weighted by Crippen LogP contribution is 2.33. The molecule has 27 heavy (non-hydrogen) atoms. The molecule has 0 aliphatic carbocycles. The first-order chi connectivity index (χ1) is 12.6. The lowest BCUT2D eigenvalue weighted by atomic mass is 10.1. The first-order valence-corrected chi connectivity index (χ1v) is 8.88. The zero-order valence-electron chi connectivity index (χ0n) is 14.7. The van der Waals surface area contributed by atoms with Gasteiger partial charge in [-0.05, 0) is 30.7 Å². The van der Waals surface area contributed by atoms with Crippen LogP contribution in [0.3, 0.4) is 0 Å². The number of hydrogen-bond donors (Lipinski definition) is 1. The average Bonchev–Trinajstić information content (AvgIpc) is 2.61. The van der Waals surface area contributed by atoms with Crippen LogP contribution in [0.25, 0.3) is 0 Å². The summed E-state index contributed by atoms with van der Waals surface area (Å²) < 4.78 is 39.4. The molecule has 0 bridgehead atoms. The Kier molecular flexibility index (Phi) is 6.54.